The first-order valence-electron chi connectivity index (χ1n) is 9.21. The fourth-order valence-electron chi connectivity index (χ4n) is 3.14. The average molecular weight is 474 g/mol. The van der Waals surface area contributed by atoms with Crippen molar-refractivity contribution in [3.8, 4) is 0 Å². The average Bonchev–Trinajstić information content (AvgIpc) is 2.72. The predicted molar refractivity (Wildman–Crippen MR) is 114 cm³/mol. The molecule has 158 valence electrons. The molecule has 2 unspecified atom stereocenters. The predicted octanol–water partition coefficient (Wildman–Crippen LogP) is 1.02. The SMILES string of the molecule is NCCCC(C(=O)O)N(C(=O)C(c1ccccc1)c1ccccc1)/C([AsH2])=N\[N+](=O)[O-]. The molecule has 2 atom stereocenters. The Morgan fingerprint density at radius 3 is 2.00 bits per heavy atom. The third kappa shape index (κ3) is 5.98. The Balaban J connectivity index is 2.62. The maximum absolute atomic E-state index is 13.7. The first-order chi connectivity index (χ1) is 14.4. The van der Waals surface area contributed by atoms with E-state index in [4.69, 9.17) is 5.73 Å². The molecule has 0 fully saturated rings. The molecule has 0 saturated carbocycles. The van der Waals surface area contributed by atoms with Gasteiger partial charge in [-0.3, -0.25) is 0 Å². The number of carboxylic acids is 1. The Hall–Kier alpha value is -3.03. The second kappa shape index (κ2) is 11.2. The number of hydrogen-bond acceptors (Lipinski definition) is 5. The molecule has 0 saturated heterocycles. The monoisotopic (exact) mass is 474 g/mol. The van der Waals surface area contributed by atoms with Gasteiger partial charge in [0.05, 0.1) is 0 Å². The Morgan fingerprint density at radius 2 is 1.60 bits per heavy atom. The minimum atomic E-state index is -1.32. The molecular formula is C20H23AsN4O5. The minimum absolute atomic E-state index is 0.0501. The van der Waals surface area contributed by atoms with Crippen LogP contribution in [0.3, 0.4) is 0 Å². The van der Waals surface area contributed by atoms with Gasteiger partial charge in [-0.15, -0.1) is 0 Å². The van der Waals surface area contributed by atoms with E-state index in [2.05, 4.69) is 5.10 Å². The van der Waals surface area contributed by atoms with Crippen LogP contribution in [0.15, 0.2) is 65.8 Å². The van der Waals surface area contributed by atoms with Gasteiger partial charge < -0.3 is 0 Å². The topological polar surface area (TPSA) is 139 Å². The van der Waals surface area contributed by atoms with Gasteiger partial charge in [-0.25, -0.2) is 0 Å². The van der Waals surface area contributed by atoms with E-state index in [1.54, 1.807) is 60.7 Å². The quantitative estimate of drug-likeness (QED) is 0.183. The van der Waals surface area contributed by atoms with Crippen molar-refractivity contribution in [3.05, 3.63) is 81.9 Å². The fraction of sp³-hybridized carbons (Fsp3) is 0.250. The summed E-state index contributed by atoms with van der Waals surface area (Å²) >= 11 is 0.695. The van der Waals surface area contributed by atoms with Crippen molar-refractivity contribution in [1.29, 1.82) is 0 Å². The van der Waals surface area contributed by atoms with E-state index in [0.29, 0.717) is 34.4 Å². The van der Waals surface area contributed by atoms with E-state index in [0.717, 1.165) is 4.90 Å². The number of hydrogen-bond donors (Lipinski definition) is 2. The molecule has 3 N–H and O–H groups in total. The van der Waals surface area contributed by atoms with Crippen molar-refractivity contribution in [2.45, 2.75) is 24.8 Å². The summed E-state index contributed by atoms with van der Waals surface area (Å²) in [7, 11) is 0. The summed E-state index contributed by atoms with van der Waals surface area (Å²) in [6.45, 7) is 0.225. The van der Waals surface area contributed by atoms with Crippen molar-refractivity contribution >= 4 is 33.4 Å². The molecule has 30 heavy (non-hydrogen) atoms. The molecule has 2 rings (SSSR count). The van der Waals surface area contributed by atoms with Crippen molar-refractivity contribution in [3.63, 3.8) is 0 Å². The van der Waals surface area contributed by atoms with Crippen molar-refractivity contribution in [2.75, 3.05) is 6.54 Å². The number of hydrazone groups is 1. The van der Waals surface area contributed by atoms with Crippen LogP contribution in [0, 0.1) is 10.1 Å². The number of amidine groups is 1. The Morgan fingerprint density at radius 1 is 1.10 bits per heavy atom. The molecule has 0 heterocycles. The van der Waals surface area contributed by atoms with Crippen LogP contribution in [-0.2, 0) is 9.59 Å². The maximum atomic E-state index is 13.7. The van der Waals surface area contributed by atoms with Crippen LogP contribution >= 0.6 is 0 Å². The summed E-state index contributed by atoms with van der Waals surface area (Å²) in [6.07, 6.45) is 0.384. The van der Waals surface area contributed by atoms with Gasteiger partial charge >= 0.3 is 182 Å². The number of rotatable bonds is 9. The number of aliphatic carboxylic acids is 1. The zero-order valence-corrected chi connectivity index (χ0v) is 18.5. The summed E-state index contributed by atoms with van der Waals surface area (Å²) in [5.74, 6) is -2.72. The van der Waals surface area contributed by atoms with Crippen molar-refractivity contribution in [2.24, 2.45) is 10.8 Å². The van der Waals surface area contributed by atoms with Gasteiger partial charge in [0.15, 0.2) is 0 Å². The van der Waals surface area contributed by atoms with Crippen LogP contribution in [0.25, 0.3) is 0 Å². The summed E-state index contributed by atoms with van der Waals surface area (Å²) in [5, 5.41) is 23.1. The van der Waals surface area contributed by atoms with Gasteiger partial charge in [0.2, 0.25) is 0 Å². The van der Waals surface area contributed by atoms with Gasteiger partial charge in [0.25, 0.3) is 0 Å². The molecule has 0 aliphatic heterocycles. The van der Waals surface area contributed by atoms with E-state index >= 15 is 0 Å². The first kappa shape index (κ1) is 23.2. The molecule has 0 bridgehead atoms. The van der Waals surface area contributed by atoms with Gasteiger partial charge in [0, 0.05) is 0 Å². The van der Waals surface area contributed by atoms with Gasteiger partial charge in [0.1, 0.15) is 0 Å². The van der Waals surface area contributed by atoms with E-state index in [1.165, 1.54) is 0 Å². The number of nitro groups is 1. The van der Waals surface area contributed by atoms with Crippen LogP contribution in [0.1, 0.15) is 29.9 Å². The van der Waals surface area contributed by atoms with Crippen LogP contribution < -0.4 is 5.73 Å². The molecule has 0 aliphatic rings. The molecule has 10 heteroatoms. The van der Waals surface area contributed by atoms with Crippen LogP contribution in [0.5, 0.6) is 0 Å². The number of nitrogens with zero attached hydrogens (tertiary/aromatic N) is 3. The van der Waals surface area contributed by atoms with Gasteiger partial charge in [-0.2, -0.15) is 0 Å². The van der Waals surface area contributed by atoms with Crippen LogP contribution in [-0.4, -0.2) is 61.0 Å². The number of carbonyl (C=O) groups is 2. The van der Waals surface area contributed by atoms with E-state index in [9.17, 15) is 24.8 Å². The van der Waals surface area contributed by atoms with Gasteiger partial charge in [-0.05, 0) is 0 Å². The molecule has 0 aromatic heterocycles. The van der Waals surface area contributed by atoms with E-state index < -0.39 is 28.9 Å². The second-order valence-electron chi connectivity index (χ2n) is 6.44. The first-order valence-corrected chi connectivity index (χ1v) is 10.4. The fourth-order valence-corrected chi connectivity index (χ4v) is 3.98. The molecular weight excluding hydrogens is 451 g/mol. The van der Waals surface area contributed by atoms with Crippen LogP contribution in [0.2, 0.25) is 0 Å². The Labute approximate surface area is 182 Å². The van der Waals surface area contributed by atoms with E-state index in [-0.39, 0.29) is 17.6 Å². The third-order valence-corrected chi connectivity index (χ3v) is 5.29. The number of carbonyl (C=O) groups excluding carboxylic acids is 1. The molecule has 9 nitrogen and oxygen atoms in total. The number of amides is 1. The summed E-state index contributed by atoms with van der Waals surface area (Å²) in [6, 6.07) is 16.4. The standard InChI is InChI=1S/C20H23AsN4O5/c21-20(23-25(29)30)24(16(19(27)28)12-7-13-22)18(26)17(14-8-3-1-4-9-14)15-10-5-2-6-11-15/h1-6,8-11,16-17H,7,12-13,21-22H2,(H,27,28)/b23-20-. The number of benzene rings is 2. The molecule has 0 spiro atoms. The number of carboxylic acid groups (broad SMARTS) is 1. The normalized spacial score (nSPS) is 12.4. The molecule has 2 aromatic rings. The molecule has 2 aromatic carbocycles. The summed E-state index contributed by atoms with van der Waals surface area (Å²) < 4.78 is -0.237. The van der Waals surface area contributed by atoms with E-state index in [1.807, 2.05) is 0 Å². The molecule has 0 aliphatic carbocycles. The zero-order valence-electron chi connectivity index (χ0n) is 16.1. The van der Waals surface area contributed by atoms with Crippen molar-refractivity contribution < 1.29 is 19.7 Å². The van der Waals surface area contributed by atoms with Gasteiger partial charge in [-0.1, -0.05) is 0 Å². The second-order valence-corrected chi connectivity index (χ2v) is 7.53. The number of nitrogens with two attached hydrogens (primary N) is 1. The molecule has 0 radical (unpaired) electrons. The molecule has 1 amide bonds. The Bertz CT molecular complexity index is 868. The Kier molecular flexibility index (Phi) is 8.70. The third-order valence-electron chi connectivity index (χ3n) is 4.46. The van der Waals surface area contributed by atoms with Crippen molar-refractivity contribution in [1.82, 2.24) is 4.90 Å². The summed E-state index contributed by atoms with van der Waals surface area (Å²) in [5.41, 5.74) is 6.80. The van der Waals surface area contributed by atoms with Crippen LogP contribution in [0.4, 0.5) is 0 Å². The zero-order chi connectivity index (χ0) is 22.1. The summed E-state index contributed by atoms with van der Waals surface area (Å²) in [4.78, 5) is 37.6.